The molecule has 0 aromatic heterocycles. The standard InChI is InChI=1S/C21H36O7S2/c1-13(2)8-9-16-20(3,28-16)18-17(26-4)14(22)10-11-21(18,23)19-15(29-19)7-6-12-27-30(5,24)25/h8,14-19,22-23H,6-7,9-12H2,1-5H3. The predicted octanol–water partition coefficient (Wildman–Crippen LogP) is 2.26. The molecule has 8 unspecified atom stereocenters. The lowest BCUT2D eigenvalue weighted by molar-refractivity contribution is -0.176. The van der Waals surface area contributed by atoms with Crippen LogP contribution in [0.5, 0.6) is 0 Å². The molecule has 7 nitrogen and oxygen atoms in total. The van der Waals surface area contributed by atoms with Crippen molar-refractivity contribution in [3.05, 3.63) is 11.6 Å². The summed E-state index contributed by atoms with van der Waals surface area (Å²) in [6.07, 6.45) is 5.24. The van der Waals surface area contributed by atoms with Crippen LogP contribution in [0.1, 0.15) is 52.9 Å². The van der Waals surface area contributed by atoms with Gasteiger partial charge >= 0.3 is 0 Å². The maximum atomic E-state index is 11.9. The van der Waals surface area contributed by atoms with E-state index in [1.165, 1.54) is 5.57 Å². The van der Waals surface area contributed by atoms with E-state index < -0.39 is 33.5 Å². The molecule has 0 bridgehead atoms. The minimum Gasteiger partial charge on any atom is -0.390 e. The number of allylic oxidation sites excluding steroid dienone is 1. The van der Waals surface area contributed by atoms with Crippen molar-refractivity contribution in [2.24, 2.45) is 5.92 Å². The van der Waals surface area contributed by atoms with Gasteiger partial charge in [-0.15, -0.1) is 11.8 Å². The van der Waals surface area contributed by atoms with Crippen LogP contribution in [0.25, 0.3) is 0 Å². The van der Waals surface area contributed by atoms with E-state index in [4.69, 9.17) is 13.7 Å². The molecule has 1 aliphatic carbocycles. The normalized spacial score (nSPS) is 43.3. The van der Waals surface area contributed by atoms with Gasteiger partial charge in [0.1, 0.15) is 5.60 Å². The summed E-state index contributed by atoms with van der Waals surface area (Å²) in [5.41, 5.74) is -0.318. The van der Waals surface area contributed by atoms with Gasteiger partial charge in [0.25, 0.3) is 10.1 Å². The second-order valence-corrected chi connectivity index (χ2v) is 12.4. The van der Waals surface area contributed by atoms with Crippen LogP contribution in [0.4, 0.5) is 0 Å². The molecule has 3 fully saturated rings. The molecular formula is C21H36O7S2. The minimum absolute atomic E-state index is 0.00256. The Hall–Kier alpha value is -0.160. The quantitative estimate of drug-likeness (QED) is 0.220. The minimum atomic E-state index is -3.42. The molecule has 8 atom stereocenters. The van der Waals surface area contributed by atoms with Crippen LogP contribution in [0.3, 0.4) is 0 Å². The summed E-state index contributed by atoms with van der Waals surface area (Å²) in [5, 5.41) is 22.8. The zero-order valence-corrected chi connectivity index (χ0v) is 20.2. The topological polar surface area (TPSA) is 106 Å². The van der Waals surface area contributed by atoms with Gasteiger partial charge in [0.05, 0.1) is 36.8 Å². The number of methoxy groups -OCH3 is 1. The van der Waals surface area contributed by atoms with Gasteiger partial charge in [-0.05, 0) is 52.9 Å². The molecule has 3 aliphatic rings. The summed E-state index contributed by atoms with van der Waals surface area (Å²) in [6.45, 7) is 6.29. The van der Waals surface area contributed by atoms with Crippen molar-refractivity contribution in [1.29, 1.82) is 0 Å². The summed E-state index contributed by atoms with van der Waals surface area (Å²) >= 11 is 1.72. The van der Waals surface area contributed by atoms with E-state index in [1.54, 1.807) is 18.9 Å². The van der Waals surface area contributed by atoms with E-state index in [2.05, 4.69) is 19.9 Å². The van der Waals surface area contributed by atoms with Crippen LogP contribution in [-0.4, -0.2) is 78.6 Å². The maximum absolute atomic E-state index is 11.9. The first kappa shape index (κ1) is 24.5. The van der Waals surface area contributed by atoms with Crippen LogP contribution < -0.4 is 0 Å². The molecule has 3 rings (SSSR count). The summed E-state index contributed by atoms with van der Waals surface area (Å²) in [7, 11) is -1.84. The molecule has 0 amide bonds. The zero-order chi connectivity index (χ0) is 22.3. The molecule has 2 aliphatic heterocycles. The third-order valence-electron chi connectivity index (χ3n) is 6.70. The van der Waals surface area contributed by atoms with Gasteiger partial charge in [-0.1, -0.05) is 11.6 Å². The van der Waals surface area contributed by atoms with E-state index >= 15 is 0 Å². The molecule has 0 aromatic carbocycles. The Bertz CT molecular complexity index is 750. The molecular weight excluding hydrogens is 428 g/mol. The monoisotopic (exact) mass is 464 g/mol. The van der Waals surface area contributed by atoms with Crippen molar-refractivity contribution in [2.75, 3.05) is 20.0 Å². The Kier molecular flexibility index (Phi) is 7.34. The molecule has 0 spiro atoms. The Balaban J connectivity index is 1.70. The highest BCUT2D eigenvalue weighted by Crippen LogP contribution is 2.62. The number of hydrogen-bond donors (Lipinski definition) is 2. The highest BCUT2D eigenvalue weighted by atomic mass is 32.2. The Morgan fingerprint density at radius 3 is 2.67 bits per heavy atom. The second-order valence-electron chi connectivity index (χ2n) is 9.35. The molecule has 0 aromatic rings. The number of aliphatic hydroxyl groups is 2. The SMILES string of the molecule is COC1C(O)CCC(O)(C2SC2CCCOS(C)(=O)=O)C1C1(C)OC1CC=C(C)C. The zero-order valence-electron chi connectivity index (χ0n) is 18.5. The molecule has 2 N–H and O–H groups in total. The Morgan fingerprint density at radius 2 is 2.07 bits per heavy atom. The molecule has 30 heavy (non-hydrogen) atoms. The van der Waals surface area contributed by atoms with E-state index in [-0.39, 0.29) is 29.1 Å². The lowest BCUT2D eigenvalue weighted by atomic mass is 9.64. The fourth-order valence-electron chi connectivity index (χ4n) is 5.11. The maximum Gasteiger partial charge on any atom is 0.264 e. The van der Waals surface area contributed by atoms with E-state index in [9.17, 15) is 18.6 Å². The smallest absolute Gasteiger partial charge is 0.264 e. The number of rotatable bonds is 10. The predicted molar refractivity (Wildman–Crippen MR) is 117 cm³/mol. The molecule has 1 saturated carbocycles. The molecule has 2 saturated heterocycles. The van der Waals surface area contributed by atoms with Gasteiger partial charge in [0, 0.05) is 23.5 Å². The fourth-order valence-corrected chi connectivity index (χ4v) is 6.99. The highest BCUT2D eigenvalue weighted by Gasteiger charge is 2.71. The van der Waals surface area contributed by atoms with Crippen LogP contribution in [0, 0.1) is 5.92 Å². The van der Waals surface area contributed by atoms with E-state index in [0.29, 0.717) is 19.3 Å². The molecule has 174 valence electrons. The third-order valence-corrected chi connectivity index (χ3v) is 8.87. The first-order valence-electron chi connectivity index (χ1n) is 10.7. The lowest BCUT2D eigenvalue weighted by Crippen LogP contribution is -2.62. The van der Waals surface area contributed by atoms with Gasteiger partial charge in [0.2, 0.25) is 0 Å². The number of hydrogen-bond acceptors (Lipinski definition) is 8. The average molecular weight is 465 g/mol. The second kappa shape index (κ2) is 9.00. The van der Waals surface area contributed by atoms with Crippen molar-refractivity contribution in [3.63, 3.8) is 0 Å². The van der Waals surface area contributed by atoms with Crippen LogP contribution in [-0.2, 0) is 23.8 Å². The number of aliphatic hydroxyl groups excluding tert-OH is 1. The highest BCUT2D eigenvalue weighted by molar-refractivity contribution is 8.07. The van der Waals surface area contributed by atoms with Crippen molar-refractivity contribution < 1.29 is 32.3 Å². The van der Waals surface area contributed by atoms with Gasteiger partial charge < -0.3 is 19.7 Å². The van der Waals surface area contributed by atoms with Gasteiger partial charge in [-0.25, -0.2) is 0 Å². The summed E-state index contributed by atoms with van der Waals surface area (Å²) in [6, 6.07) is 0. The number of thioether (sulfide) groups is 1. The summed E-state index contributed by atoms with van der Waals surface area (Å²) in [4.78, 5) is 0. The van der Waals surface area contributed by atoms with Gasteiger partial charge in [0.15, 0.2) is 0 Å². The first-order valence-corrected chi connectivity index (χ1v) is 13.4. The van der Waals surface area contributed by atoms with Crippen LogP contribution >= 0.6 is 11.8 Å². The number of ether oxygens (including phenoxy) is 2. The first-order chi connectivity index (χ1) is 13.9. The van der Waals surface area contributed by atoms with Gasteiger partial charge in [-0.2, -0.15) is 8.42 Å². The van der Waals surface area contributed by atoms with Crippen molar-refractivity contribution in [1.82, 2.24) is 0 Å². The Morgan fingerprint density at radius 1 is 1.37 bits per heavy atom. The van der Waals surface area contributed by atoms with Gasteiger partial charge in [-0.3, -0.25) is 4.18 Å². The Labute approximate surface area is 184 Å². The van der Waals surface area contributed by atoms with Crippen molar-refractivity contribution in [2.45, 2.75) is 92.9 Å². The molecule has 0 radical (unpaired) electrons. The lowest BCUT2D eigenvalue weighted by Gasteiger charge is -2.48. The summed E-state index contributed by atoms with van der Waals surface area (Å²) in [5.74, 6) is -0.330. The van der Waals surface area contributed by atoms with Crippen LogP contribution in [0.2, 0.25) is 0 Å². The van der Waals surface area contributed by atoms with E-state index in [0.717, 1.165) is 19.1 Å². The molecule has 9 heteroatoms. The van der Waals surface area contributed by atoms with Crippen molar-refractivity contribution in [3.8, 4) is 0 Å². The number of epoxide rings is 1. The average Bonchev–Trinajstić information content (AvgIpc) is 3.54. The molecule has 2 heterocycles. The summed E-state index contributed by atoms with van der Waals surface area (Å²) < 4.78 is 38.9. The van der Waals surface area contributed by atoms with E-state index in [1.807, 2.05) is 6.92 Å². The van der Waals surface area contributed by atoms with Crippen molar-refractivity contribution >= 4 is 21.9 Å². The largest absolute Gasteiger partial charge is 0.390 e. The van der Waals surface area contributed by atoms with Crippen LogP contribution in [0.15, 0.2) is 11.6 Å². The third kappa shape index (κ3) is 5.24. The fraction of sp³-hybridized carbons (Fsp3) is 0.905.